The van der Waals surface area contributed by atoms with E-state index in [2.05, 4.69) is 17.2 Å². The standard InChI is InChI=1S/C13H16Cl2N2O2/c1-9(2)8-19-6-5-16-13(18)17-10-3-4-11(14)12(15)7-10/h3-4,7H,1,5-6,8H2,2H3,(H2,16,17,18). The summed E-state index contributed by atoms with van der Waals surface area (Å²) in [5, 5.41) is 6.14. The molecule has 0 radical (unpaired) electrons. The molecule has 0 aliphatic rings. The average molecular weight is 303 g/mol. The number of anilines is 1. The average Bonchev–Trinajstić information content (AvgIpc) is 2.33. The van der Waals surface area contributed by atoms with Gasteiger partial charge in [-0.1, -0.05) is 35.4 Å². The van der Waals surface area contributed by atoms with Gasteiger partial charge in [0, 0.05) is 12.2 Å². The Balaban J connectivity index is 2.27. The maximum absolute atomic E-state index is 11.5. The SMILES string of the molecule is C=C(C)COCCNC(=O)Nc1ccc(Cl)c(Cl)c1. The van der Waals surface area contributed by atoms with Gasteiger partial charge in [-0.05, 0) is 25.1 Å². The van der Waals surface area contributed by atoms with Crippen LogP contribution < -0.4 is 10.6 Å². The van der Waals surface area contributed by atoms with E-state index in [-0.39, 0.29) is 6.03 Å². The fourth-order valence-corrected chi connectivity index (χ4v) is 1.53. The van der Waals surface area contributed by atoms with Crippen LogP contribution in [-0.2, 0) is 4.74 Å². The number of ether oxygens (including phenoxy) is 1. The van der Waals surface area contributed by atoms with Crippen LogP contribution in [0.4, 0.5) is 10.5 Å². The molecule has 4 nitrogen and oxygen atoms in total. The Morgan fingerprint density at radius 3 is 2.74 bits per heavy atom. The van der Waals surface area contributed by atoms with E-state index in [9.17, 15) is 4.79 Å². The van der Waals surface area contributed by atoms with E-state index in [1.165, 1.54) is 0 Å². The van der Waals surface area contributed by atoms with Gasteiger partial charge in [-0.3, -0.25) is 0 Å². The number of carbonyl (C=O) groups is 1. The molecule has 0 aromatic heterocycles. The summed E-state index contributed by atoms with van der Waals surface area (Å²) in [4.78, 5) is 11.5. The van der Waals surface area contributed by atoms with Crippen molar-refractivity contribution in [3.8, 4) is 0 Å². The number of hydrogen-bond donors (Lipinski definition) is 2. The molecule has 1 aromatic rings. The molecule has 0 aliphatic heterocycles. The lowest BCUT2D eigenvalue weighted by Crippen LogP contribution is -2.31. The zero-order valence-corrected chi connectivity index (χ0v) is 12.1. The van der Waals surface area contributed by atoms with Crippen molar-refractivity contribution in [2.45, 2.75) is 6.92 Å². The summed E-state index contributed by atoms with van der Waals surface area (Å²) in [5.41, 5.74) is 1.52. The van der Waals surface area contributed by atoms with Crippen molar-refractivity contribution in [2.24, 2.45) is 0 Å². The van der Waals surface area contributed by atoms with Gasteiger partial charge < -0.3 is 15.4 Å². The van der Waals surface area contributed by atoms with Crippen molar-refractivity contribution >= 4 is 34.9 Å². The van der Waals surface area contributed by atoms with E-state index in [1.54, 1.807) is 18.2 Å². The van der Waals surface area contributed by atoms with Crippen molar-refractivity contribution in [3.63, 3.8) is 0 Å². The summed E-state index contributed by atoms with van der Waals surface area (Å²) >= 11 is 11.6. The van der Waals surface area contributed by atoms with Crippen LogP contribution in [0.1, 0.15) is 6.92 Å². The van der Waals surface area contributed by atoms with Gasteiger partial charge >= 0.3 is 6.03 Å². The predicted octanol–water partition coefficient (Wildman–Crippen LogP) is 3.71. The van der Waals surface area contributed by atoms with Gasteiger partial charge in [0.05, 0.1) is 23.3 Å². The molecule has 104 valence electrons. The lowest BCUT2D eigenvalue weighted by Gasteiger charge is -2.08. The van der Waals surface area contributed by atoms with Crippen LogP contribution >= 0.6 is 23.2 Å². The van der Waals surface area contributed by atoms with Crippen molar-refractivity contribution in [1.82, 2.24) is 5.32 Å². The molecule has 2 N–H and O–H groups in total. The van der Waals surface area contributed by atoms with Crippen LogP contribution in [0.5, 0.6) is 0 Å². The second-order valence-electron chi connectivity index (χ2n) is 4.02. The third-order valence-corrected chi connectivity index (χ3v) is 2.80. The molecule has 2 amide bonds. The predicted molar refractivity (Wildman–Crippen MR) is 79.1 cm³/mol. The van der Waals surface area contributed by atoms with E-state index >= 15 is 0 Å². The number of nitrogens with one attached hydrogen (secondary N) is 2. The zero-order valence-electron chi connectivity index (χ0n) is 10.6. The van der Waals surface area contributed by atoms with Crippen LogP contribution in [0.3, 0.4) is 0 Å². The molecule has 0 unspecified atom stereocenters. The number of benzene rings is 1. The lowest BCUT2D eigenvalue weighted by molar-refractivity contribution is 0.159. The Bertz CT molecular complexity index is 464. The molecule has 0 spiro atoms. The topological polar surface area (TPSA) is 50.4 Å². The summed E-state index contributed by atoms with van der Waals surface area (Å²) < 4.78 is 5.25. The monoisotopic (exact) mass is 302 g/mol. The minimum atomic E-state index is -0.322. The van der Waals surface area contributed by atoms with E-state index in [1.807, 2.05) is 6.92 Å². The Morgan fingerprint density at radius 2 is 2.11 bits per heavy atom. The molecular formula is C13H16Cl2N2O2. The van der Waals surface area contributed by atoms with E-state index in [4.69, 9.17) is 27.9 Å². The van der Waals surface area contributed by atoms with Crippen LogP contribution in [0, 0.1) is 0 Å². The fourth-order valence-electron chi connectivity index (χ4n) is 1.23. The highest BCUT2D eigenvalue weighted by atomic mass is 35.5. The highest BCUT2D eigenvalue weighted by molar-refractivity contribution is 6.42. The van der Waals surface area contributed by atoms with Gasteiger partial charge in [-0.15, -0.1) is 0 Å². The zero-order chi connectivity index (χ0) is 14.3. The molecule has 0 bridgehead atoms. The van der Waals surface area contributed by atoms with E-state index in [0.717, 1.165) is 5.57 Å². The van der Waals surface area contributed by atoms with Gasteiger partial charge in [-0.25, -0.2) is 4.79 Å². The number of hydrogen-bond acceptors (Lipinski definition) is 2. The molecular weight excluding hydrogens is 287 g/mol. The maximum Gasteiger partial charge on any atom is 0.319 e. The molecule has 0 heterocycles. The summed E-state index contributed by atoms with van der Waals surface area (Å²) in [6.45, 7) is 6.94. The van der Waals surface area contributed by atoms with Crippen molar-refractivity contribution < 1.29 is 9.53 Å². The molecule has 0 aliphatic carbocycles. The number of rotatable bonds is 6. The Morgan fingerprint density at radius 1 is 1.37 bits per heavy atom. The van der Waals surface area contributed by atoms with Crippen LogP contribution in [-0.4, -0.2) is 25.8 Å². The van der Waals surface area contributed by atoms with Gasteiger partial charge in [0.15, 0.2) is 0 Å². The second-order valence-corrected chi connectivity index (χ2v) is 4.83. The normalized spacial score (nSPS) is 10.1. The molecule has 0 saturated heterocycles. The largest absolute Gasteiger partial charge is 0.375 e. The first-order valence-electron chi connectivity index (χ1n) is 5.71. The van der Waals surface area contributed by atoms with Crippen LogP contribution in [0.25, 0.3) is 0 Å². The molecule has 19 heavy (non-hydrogen) atoms. The first-order chi connectivity index (χ1) is 8.99. The number of urea groups is 1. The van der Waals surface area contributed by atoms with Gasteiger partial charge in [0.1, 0.15) is 0 Å². The molecule has 6 heteroatoms. The van der Waals surface area contributed by atoms with E-state index in [0.29, 0.717) is 35.5 Å². The second kappa shape index (κ2) is 8.04. The van der Waals surface area contributed by atoms with Crippen molar-refractivity contribution in [2.75, 3.05) is 25.1 Å². The van der Waals surface area contributed by atoms with Crippen LogP contribution in [0.2, 0.25) is 10.0 Å². The van der Waals surface area contributed by atoms with Crippen LogP contribution in [0.15, 0.2) is 30.4 Å². The van der Waals surface area contributed by atoms with Crippen molar-refractivity contribution in [3.05, 3.63) is 40.4 Å². The Hall–Kier alpha value is -1.23. The minimum absolute atomic E-state index is 0.322. The summed E-state index contributed by atoms with van der Waals surface area (Å²) in [5.74, 6) is 0. The van der Waals surface area contributed by atoms with Gasteiger partial charge in [0.25, 0.3) is 0 Å². The van der Waals surface area contributed by atoms with E-state index < -0.39 is 0 Å². The Labute approximate surface area is 122 Å². The number of carbonyl (C=O) groups excluding carboxylic acids is 1. The minimum Gasteiger partial charge on any atom is -0.375 e. The molecule has 1 aromatic carbocycles. The van der Waals surface area contributed by atoms with Crippen molar-refractivity contribution in [1.29, 1.82) is 0 Å². The molecule has 1 rings (SSSR count). The summed E-state index contributed by atoms with van der Waals surface area (Å²) in [7, 11) is 0. The number of amides is 2. The summed E-state index contributed by atoms with van der Waals surface area (Å²) in [6.07, 6.45) is 0. The number of halogens is 2. The third-order valence-electron chi connectivity index (χ3n) is 2.06. The summed E-state index contributed by atoms with van der Waals surface area (Å²) in [6, 6.07) is 4.55. The van der Waals surface area contributed by atoms with Gasteiger partial charge in [0.2, 0.25) is 0 Å². The smallest absolute Gasteiger partial charge is 0.319 e. The first-order valence-corrected chi connectivity index (χ1v) is 6.46. The Kier molecular flexibility index (Phi) is 6.70. The van der Waals surface area contributed by atoms with Gasteiger partial charge in [-0.2, -0.15) is 0 Å². The highest BCUT2D eigenvalue weighted by Crippen LogP contribution is 2.24. The molecule has 0 saturated carbocycles. The highest BCUT2D eigenvalue weighted by Gasteiger charge is 2.03. The lowest BCUT2D eigenvalue weighted by atomic mass is 10.3. The first kappa shape index (κ1) is 15.8. The third kappa shape index (κ3) is 6.47. The quantitative estimate of drug-likeness (QED) is 0.622. The maximum atomic E-state index is 11.5. The molecule has 0 fully saturated rings. The molecule has 0 atom stereocenters. The fraction of sp³-hybridized carbons (Fsp3) is 0.308.